The molecule has 0 aliphatic heterocycles. The number of anilines is 1. The number of aromatic nitrogens is 1. The van der Waals surface area contributed by atoms with Crippen LogP contribution in [0, 0.1) is 6.92 Å². The molecule has 1 aromatic heterocycles. The molecule has 1 aromatic carbocycles. The molecule has 0 aliphatic rings. The van der Waals surface area contributed by atoms with E-state index >= 15 is 0 Å². The lowest BCUT2D eigenvalue weighted by Crippen LogP contribution is -2.14. The van der Waals surface area contributed by atoms with Gasteiger partial charge in [-0.1, -0.05) is 23.7 Å². The van der Waals surface area contributed by atoms with Crippen LogP contribution in [-0.4, -0.2) is 24.5 Å². The van der Waals surface area contributed by atoms with E-state index in [2.05, 4.69) is 9.71 Å². The number of nitrogens with one attached hydrogen (secondary N) is 1. The van der Waals surface area contributed by atoms with Crippen LogP contribution in [0.25, 0.3) is 0 Å². The normalized spacial score (nSPS) is 11.2. The highest BCUT2D eigenvalue weighted by molar-refractivity contribution is 7.92. The molecule has 0 saturated heterocycles. The monoisotopic (exact) mass is 340 g/mol. The fraction of sp³-hybridized carbons (Fsp3) is 0.143. The predicted molar refractivity (Wildman–Crippen MR) is 82.6 cm³/mol. The van der Waals surface area contributed by atoms with Crippen LogP contribution in [0.3, 0.4) is 0 Å². The van der Waals surface area contributed by atoms with Gasteiger partial charge in [-0.2, -0.15) is 0 Å². The molecule has 2 N–H and O–H groups in total. The fourth-order valence-corrected chi connectivity index (χ4v) is 3.12. The number of aryl methyl sites for hydroxylation is 1. The molecule has 0 radical (unpaired) electrons. The first-order chi connectivity index (χ1) is 10.3. The molecule has 8 heteroatoms. The van der Waals surface area contributed by atoms with Crippen molar-refractivity contribution in [1.29, 1.82) is 0 Å². The summed E-state index contributed by atoms with van der Waals surface area (Å²) in [7, 11) is -3.77. The van der Waals surface area contributed by atoms with Crippen molar-refractivity contribution >= 4 is 33.3 Å². The summed E-state index contributed by atoms with van der Waals surface area (Å²) in [5, 5.41) is 8.97. The van der Waals surface area contributed by atoms with E-state index in [-0.39, 0.29) is 16.5 Å². The van der Waals surface area contributed by atoms with E-state index < -0.39 is 16.0 Å². The van der Waals surface area contributed by atoms with Crippen LogP contribution >= 0.6 is 11.6 Å². The van der Waals surface area contributed by atoms with Crippen LogP contribution in [0.4, 0.5) is 5.69 Å². The largest absolute Gasteiger partial charge is 0.481 e. The average Bonchev–Trinajstić information content (AvgIpc) is 2.42. The molecular weight excluding hydrogens is 328 g/mol. The average molecular weight is 341 g/mol. The number of aliphatic carboxylic acids is 1. The molecule has 22 heavy (non-hydrogen) atoms. The van der Waals surface area contributed by atoms with E-state index in [0.717, 1.165) is 0 Å². The number of hydrogen-bond acceptors (Lipinski definition) is 4. The van der Waals surface area contributed by atoms with Gasteiger partial charge in [0.2, 0.25) is 0 Å². The third-order valence-electron chi connectivity index (χ3n) is 2.91. The Balaban J connectivity index is 2.24. The van der Waals surface area contributed by atoms with Crippen LogP contribution < -0.4 is 4.72 Å². The van der Waals surface area contributed by atoms with Crippen LogP contribution in [-0.2, 0) is 21.2 Å². The smallest absolute Gasteiger partial charge is 0.307 e. The first-order valence-electron chi connectivity index (χ1n) is 6.23. The number of halogens is 1. The third kappa shape index (κ3) is 3.96. The molecule has 1 heterocycles. The molecule has 0 spiro atoms. The molecule has 0 bridgehead atoms. The van der Waals surface area contributed by atoms with Gasteiger partial charge in [0, 0.05) is 0 Å². The minimum absolute atomic E-state index is 0.0380. The molecule has 0 amide bonds. The maximum atomic E-state index is 12.3. The van der Waals surface area contributed by atoms with Gasteiger partial charge in [-0.3, -0.25) is 9.52 Å². The number of carbonyl (C=O) groups is 1. The van der Waals surface area contributed by atoms with Crippen molar-refractivity contribution in [2.24, 2.45) is 0 Å². The molecule has 116 valence electrons. The van der Waals surface area contributed by atoms with Crippen LogP contribution in [0.1, 0.15) is 11.1 Å². The van der Waals surface area contributed by atoms with Crippen molar-refractivity contribution in [2.75, 3.05) is 4.72 Å². The van der Waals surface area contributed by atoms with Crippen LogP contribution in [0.5, 0.6) is 0 Å². The van der Waals surface area contributed by atoms with Gasteiger partial charge in [-0.25, -0.2) is 13.4 Å². The number of carboxylic acids is 1. The standard InChI is InChI=1S/C14H13ClN2O4S/c1-9-6-13(15)16-8-12(9)17-22(20,21)11-4-2-10(3-5-11)7-14(18)19/h2-6,8,17H,7H2,1H3,(H,18,19). The molecule has 2 rings (SSSR count). The van der Waals surface area contributed by atoms with Crippen molar-refractivity contribution in [3.8, 4) is 0 Å². The Morgan fingerprint density at radius 3 is 2.50 bits per heavy atom. The number of benzene rings is 1. The molecule has 6 nitrogen and oxygen atoms in total. The van der Waals surface area contributed by atoms with Crippen molar-refractivity contribution in [3.05, 3.63) is 52.8 Å². The summed E-state index contributed by atoms with van der Waals surface area (Å²) in [4.78, 5) is 14.5. The highest BCUT2D eigenvalue weighted by atomic mass is 35.5. The summed E-state index contributed by atoms with van der Waals surface area (Å²) in [6.45, 7) is 1.71. The van der Waals surface area contributed by atoms with Crippen LogP contribution in [0.2, 0.25) is 5.15 Å². The SMILES string of the molecule is Cc1cc(Cl)ncc1NS(=O)(=O)c1ccc(CC(=O)O)cc1. The summed E-state index contributed by atoms with van der Waals surface area (Å²) in [5.74, 6) is -0.975. The quantitative estimate of drug-likeness (QED) is 0.815. The maximum Gasteiger partial charge on any atom is 0.307 e. The molecule has 0 aliphatic carbocycles. The van der Waals surface area contributed by atoms with Gasteiger partial charge < -0.3 is 5.11 Å². The Morgan fingerprint density at radius 2 is 1.95 bits per heavy atom. The van der Waals surface area contributed by atoms with Gasteiger partial charge in [-0.05, 0) is 36.2 Å². The van der Waals surface area contributed by atoms with E-state index in [4.69, 9.17) is 16.7 Å². The maximum absolute atomic E-state index is 12.3. The minimum atomic E-state index is -3.77. The zero-order valence-electron chi connectivity index (χ0n) is 11.6. The van der Waals surface area contributed by atoms with E-state index in [1.54, 1.807) is 13.0 Å². The minimum Gasteiger partial charge on any atom is -0.481 e. The summed E-state index contributed by atoms with van der Waals surface area (Å²) in [6, 6.07) is 7.21. The predicted octanol–water partition coefficient (Wildman–Crippen LogP) is 2.47. The zero-order chi connectivity index (χ0) is 16.3. The van der Waals surface area contributed by atoms with Crippen molar-refractivity contribution in [2.45, 2.75) is 18.2 Å². The summed E-state index contributed by atoms with van der Waals surface area (Å²) >= 11 is 5.73. The molecule has 0 atom stereocenters. The first-order valence-corrected chi connectivity index (χ1v) is 8.10. The van der Waals surface area contributed by atoms with Crippen molar-refractivity contribution in [1.82, 2.24) is 4.98 Å². The van der Waals surface area contributed by atoms with E-state index in [1.165, 1.54) is 30.5 Å². The Hall–Kier alpha value is -2.12. The molecule has 0 fully saturated rings. The number of pyridine rings is 1. The van der Waals surface area contributed by atoms with Crippen LogP contribution in [0.15, 0.2) is 41.4 Å². The number of sulfonamides is 1. The van der Waals surface area contributed by atoms with Gasteiger partial charge in [0.25, 0.3) is 10.0 Å². The van der Waals surface area contributed by atoms with Crippen molar-refractivity contribution < 1.29 is 18.3 Å². The fourth-order valence-electron chi connectivity index (χ4n) is 1.79. The van der Waals surface area contributed by atoms with E-state index in [9.17, 15) is 13.2 Å². The first kappa shape index (κ1) is 16.3. The lowest BCUT2D eigenvalue weighted by atomic mass is 10.2. The number of rotatable bonds is 5. The molecule has 2 aromatic rings. The van der Waals surface area contributed by atoms with E-state index in [0.29, 0.717) is 16.8 Å². The second kappa shape index (κ2) is 6.33. The van der Waals surface area contributed by atoms with Gasteiger partial charge in [0.1, 0.15) is 5.15 Å². The third-order valence-corrected chi connectivity index (χ3v) is 4.50. The molecule has 0 saturated carbocycles. The van der Waals surface area contributed by atoms with Gasteiger partial charge in [0.05, 0.1) is 23.2 Å². The van der Waals surface area contributed by atoms with E-state index in [1.807, 2.05) is 0 Å². The number of carboxylic acid groups (broad SMARTS) is 1. The summed E-state index contributed by atoms with van der Waals surface area (Å²) < 4.78 is 27.0. The number of hydrogen-bond donors (Lipinski definition) is 2. The number of nitrogens with zero attached hydrogens (tertiary/aromatic N) is 1. The van der Waals surface area contributed by atoms with Gasteiger partial charge in [0.15, 0.2) is 0 Å². The summed E-state index contributed by atoms with van der Waals surface area (Å²) in [5.41, 5.74) is 1.50. The lowest BCUT2D eigenvalue weighted by Gasteiger charge is -2.10. The molecular formula is C14H13ClN2O4S. The zero-order valence-corrected chi connectivity index (χ0v) is 13.1. The van der Waals surface area contributed by atoms with Crippen molar-refractivity contribution in [3.63, 3.8) is 0 Å². The topological polar surface area (TPSA) is 96.4 Å². The van der Waals surface area contributed by atoms with Gasteiger partial charge >= 0.3 is 5.97 Å². The lowest BCUT2D eigenvalue weighted by molar-refractivity contribution is -0.136. The Kier molecular flexibility index (Phi) is 4.68. The Morgan fingerprint density at radius 1 is 1.32 bits per heavy atom. The highest BCUT2D eigenvalue weighted by Gasteiger charge is 2.16. The second-order valence-electron chi connectivity index (χ2n) is 4.64. The molecule has 0 unspecified atom stereocenters. The second-order valence-corrected chi connectivity index (χ2v) is 6.71. The summed E-state index contributed by atoms with van der Waals surface area (Å²) in [6.07, 6.45) is 1.18. The highest BCUT2D eigenvalue weighted by Crippen LogP contribution is 2.21. The Labute approximate surface area is 132 Å². The van der Waals surface area contributed by atoms with Gasteiger partial charge in [-0.15, -0.1) is 0 Å². The Bertz CT molecular complexity index is 804.